The summed E-state index contributed by atoms with van der Waals surface area (Å²) in [4.78, 5) is 22.0. The number of nitrogens with one attached hydrogen (secondary N) is 2. The first-order chi connectivity index (χ1) is 21.3. The second-order valence-electron chi connectivity index (χ2n) is 12.6. The normalized spacial score (nSPS) is 14.6. The minimum absolute atomic E-state index is 0.0872. The second kappa shape index (κ2) is 12.9. The summed E-state index contributed by atoms with van der Waals surface area (Å²) >= 11 is 0. The fourth-order valence-electron chi connectivity index (χ4n) is 5.29. The maximum absolute atomic E-state index is 14.1. The molecule has 0 bridgehead atoms. The van der Waals surface area contributed by atoms with Gasteiger partial charge in [0.05, 0.1) is 11.1 Å². The lowest BCUT2D eigenvalue weighted by Gasteiger charge is -2.33. The first-order valence-electron chi connectivity index (χ1n) is 15.0. The molecule has 0 radical (unpaired) electrons. The third-order valence-corrected chi connectivity index (χ3v) is 7.78. The van der Waals surface area contributed by atoms with Gasteiger partial charge in [0, 0.05) is 72.0 Å². The monoisotopic (exact) mass is 613 g/mol. The van der Waals surface area contributed by atoms with Crippen LogP contribution in [-0.4, -0.2) is 59.5 Å². The molecule has 1 aromatic heterocycles. The van der Waals surface area contributed by atoms with Crippen LogP contribution >= 0.6 is 0 Å². The highest BCUT2D eigenvalue weighted by molar-refractivity contribution is 6.04. The molecular weight excluding hydrogens is 575 g/mol. The Morgan fingerprint density at radius 1 is 0.911 bits per heavy atom. The van der Waals surface area contributed by atoms with Crippen LogP contribution < -0.4 is 10.6 Å². The zero-order chi connectivity index (χ0) is 32.4. The molecule has 0 saturated carbocycles. The van der Waals surface area contributed by atoms with E-state index in [9.17, 15) is 18.0 Å². The van der Waals surface area contributed by atoms with Gasteiger partial charge in [0.2, 0.25) is 0 Å². The van der Waals surface area contributed by atoms with E-state index in [1.807, 2.05) is 43.1 Å². The van der Waals surface area contributed by atoms with Crippen LogP contribution in [0.4, 0.5) is 24.7 Å². The molecule has 3 aromatic carbocycles. The van der Waals surface area contributed by atoms with E-state index in [1.165, 1.54) is 12.1 Å². The molecule has 1 aliphatic heterocycles. The van der Waals surface area contributed by atoms with Crippen molar-refractivity contribution in [3.8, 4) is 11.8 Å². The van der Waals surface area contributed by atoms with Crippen LogP contribution in [0.15, 0.2) is 66.9 Å². The Balaban J connectivity index is 1.37. The molecule has 0 unspecified atom stereocenters. The first-order valence-corrected chi connectivity index (χ1v) is 15.0. The molecule has 4 aromatic rings. The number of fused-ring (bicyclic) bond motifs is 1. The van der Waals surface area contributed by atoms with Crippen molar-refractivity contribution < 1.29 is 18.0 Å². The highest BCUT2D eigenvalue weighted by Gasteiger charge is 2.34. The number of halogens is 3. The number of piperazine rings is 1. The van der Waals surface area contributed by atoms with Gasteiger partial charge >= 0.3 is 6.18 Å². The molecule has 1 fully saturated rings. The van der Waals surface area contributed by atoms with Gasteiger partial charge in [-0.1, -0.05) is 48.2 Å². The zero-order valence-electron chi connectivity index (χ0n) is 26.3. The Bertz CT molecular complexity index is 1770. The lowest BCUT2D eigenvalue weighted by Crippen LogP contribution is -2.44. The van der Waals surface area contributed by atoms with Crippen LogP contribution in [0.25, 0.3) is 10.8 Å². The standard InChI is InChI=1S/C36H38F3N5O/c1-24-10-11-26(20-25(24)12-13-27-22-40-33(42-35(2,3)4)31-9-7-6-8-30(27)31)34(45)41-29-15-14-28(32(21-29)36(37,38)39)23-44-18-16-43(5)17-19-44/h6-11,14-15,20-22H,16-19,23H2,1-5H3,(H,40,42)(H,41,45). The number of nitrogens with zero attached hydrogens (tertiary/aromatic N) is 3. The smallest absolute Gasteiger partial charge is 0.365 e. The summed E-state index contributed by atoms with van der Waals surface area (Å²) in [5.41, 5.74) is 1.94. The highest BCUT2D eigenvalue weighted by atomic mass is 19.4. The summed E-state index contributed by atoms with van der Waals surface area (Å²) in [7, 11) is 2.00. The number of anilines is 2. The maximum atomic E-state index is 14.1. The van der Waals surface area contributed by atoms with Crippen molar-refractivity contribution in [2.24, 2.45) is 0 Å². The molecule has 1 amide bonds. The van der Waals surface area contributed by atoms with Gasteiger partial charge in [0.25, 0.3) is 5.91 Å². The van der Waals surface area contributed by atoms with E-state index in [4.69, 9.17) is 0 Å². The molecule has 2 heterocycles. The number of carbonyl (C=O) groups is 1. The molecule has 234 valence electrons. The Hall–Kier alpha value is -4.39. The van der Waals surface area contributed by atoms with Crippen molar-refractivity contribution in [3.05, 3.63) is 100 Å². The molecule has 6 nitrogen and oxygen atoms in total. The van der Waals surface area contributed by atoms with E-state index < -0.39 is 17.6 Å². The van der Waals surface area contributed by atoms with Crippen LogP contribution in [0.1, 0.15) is 58.9 Å². The number of hydrogen-bond donors (Lipinski definition) is 2. The molecule has 5 rings (SSSR count). The zero-order valence-corrected chi connectivity index (χ0v) is 26.3. The van der Waals surface area contributed by atoms with Gasteiger partial charge in [-0.15, -0.1) is 0 Å². The van der Waals surface area contributed by atoms with Crippen LogP contribution in [0.2, 0.25) is 0 Å². The number of pyridine rings is 1. The van der Waals surface area contributed by atoms with Gasteiger partial charge < -0.3 is 15.5 Å². The molecule has 1 aliphatic rings. The number of benzene rings is 3. The lowest BCUT2D eigenvalue weighted by atomic mass is 10.0. The molecule has 2 N–H and O–H groups in total. The van der Waals surface area contributed by atoms with Crippen molar-refractivity contribution in [1.29, 1.82) is 0 Å². The quantitative estimate of drug-likeness (QED) is 0.234. The Labute approximate surface area is 262 Å². The maximum Gasteiger partial charge on any atom is 0.416 e. The average Bonchev–Trinajstić information content (AvgIpc) is 2.98. The van der Waals surface area contributed by atoms with E-state index in [0.717, 1.165) is 46.9 Å². The van der Waals surface area contributed by atoms with Gasteiger partial charge in [-0.05, 0) is 70.1 Å². The third-order valence-electron chi connectivity index (χ3n) is 7.78. The molecule has 1 saturated heterocycles. The molecule has 9 heteroatoms. The van der Waals surface area contributed by atoms with E-state index in [2.05, 4.69) is 53.1 Å². The number of hydrogen-bond acceptors (Lipinski definition) is 5. The predicted molar refractivity (Wildman–Crippen MR) is 174 cm³/mol. The van der Waals surface area contributed by atoms with Crippen LogP contribution in [0.5, 0.6) is 0 Å². The minimum atomic E-state index is -4.55. The number of rotatable bonds is 5. The number of aryl methyl sites for hydroxylation is 1. The van der Waals surface area contributed by atoms with Crippen molar-refractivity contribution in [2.45, 2.75) is 46.0 Å². The minimum Gasteiger partial charge on any atom is -0.365 e. The molecule has 0 spiro atoms. The van der Waals surface area contributed by atoms with Gasteiger partial charge in [-0.2, -0.15) is 13.2 Å². The van der Waals surface area contributed by atoms with Crippen molar-refractivity contribution in [1.82, 2.24) is 14.8 Å². The third kappa shape index (κ3) is 8.01. The fourth-order valence-corrected chi connectivity index (χ4v) is 5.29. The summed E-state index contributed by atoms with van der Waals surface area (Å²) in [6, 6.07) is 17.0. The largest absolute Gasteiger partial charge is 0.416 e. The number of likely N-dealkylation sites (N-methyl/N-ethyl adjacent to an activating group) is 1. The van der Waals surface area contributed by atoms with E-state index >= 15 is 0 Å². The van der Waals surface area contributed by atoms with Crippen LogP contribution in [-0.2, 0) is 12.7 Å². The summed E-state index contributed by atoms with van der Waals surface area (Å²) < 4.78 is 42.2. The Kier molecular flexibility index (Phi) is 9.19. The summed E-state index contributed by atoms with van der Waals surface area (Å²) in [5, 5.41) is 8.00. The number of aromatic nitrogens is 1. The van der Waals surface area contributed by atoms with E-state index in [1.54, 1.807) is 24.4 Å². The van der Waals surface area contributed by atoms with Crippen LogP contribution in [0.3, 0.4) is 0 Å². The summed E-state index contributed by atoms with van der Waals surface area (Å²) in [5.74, 6) is 6.66. The number of carbonyl (C=O) groups excluding carboxylic acids is 1. The van der Waals surface area contributed by atoms with Crippen molar-refractivity contribution >= 4 is 28.2 Å². The molecular formula is C36H38F3N5O. The Morgan fingerprint density at radius 2 is 1.60 bits per heavy atom. The SMILES string of the molecule is Cc1ccc(C(=O)Nc2ccc(CN3CCN(C)CC3)c(C(F)(F)F)c2)cc1C#Cc1cnc(NC(C)(C)C)c2ccccc12. The topological polar surface area (TPSA) is 60.5 Å². The highest BCUT2D eigenvalue weighted by Crippen LogP contribution is 2.35. The summed E-state index contributed by atoms with van der Waals surface area (Å²) in [6.07, 6.45) is -2.81. The number of amides is 1. The fraction of sp³-hybridized carbons (Fsp3) is 0.333. The van der Waals surface area contributed by atoms with E-state index in [0.29, 0.717) is 24.2 Å². The first kappa shape index (κ1) is 32.0. The second-order valence-corrected chi connectivity index (χ2v) is 12.6. The molecule has 0 aliphatic carbocycles. The van der Waals surface area contributed by atoms with Gasteiger partial charge in [-0.3, -0.25) is 9.69 Å². The number of alkyl halides is 3. The van der Waals surface area contributed by atoms with Crippen molar-refractivity contribution in [3.63, 3.8) is 0 Å². The van der Waals surface area contributed by atoms with Gasteiger partial charge in [0.1, 0.15) is 5.82 Å². The van der Waals surface area contributed by atoms with Gasteiger partial charge in [-0.25, -0.2) is 4.98 Å². The van der Waals surface area contributed by atoms with E-state index in [-0.39, 0.29) is 23.3 Å². The Morgan fingerprint density at radius 3 is 2.29 bits per heavy atom. The van der Waals surface area contributed by atoms with Crippen molar-refractivity contribution in [2.75, 3.05) is 43.9 Å². The lowest BCUT2D eigenvalue weighted by molar-refractivity contribution is -0.138. The molecule has 0 atom stereocenters. The average molecular weight is 614 g/mol. The molecule has 45 heavy (non-hydrogen) atoms. The predicted octanol–water partition coefficient (Wildman–Crippen LogP) is 7.17. The van der Waals surface area contributed by atoms with Gasteiger partial charge in [0.15, 0.2) is 0 Å². The van der Waals surface area contributed by atoms with Crippen LogP contribution in [0, 0.1) is 18.8 Å². The summed E-state index contributed by atoms with van der Waals surface area (Å²) in [6.45, 7) is 11.4.